The topological polar surface area (TPSA) is 54.7 Å². The molecule has 0 atom stereocenters. The molecule has 1 aromatic carbocycles. The zero-order chi connectivity index (χ0) is 11.8. The van der Waals surface area contributed by atoms with Crippen LogP contribution < -0.4 is 5.73 Å². The molecule has 0 amide bonds. The normalized spacial score (nSPS) is 23.4. The zero-order valence-electron chi connectivity index (χ0n) is 9.36. The van der Waals surface area contributed by atoms with Gasteiger partial charge in [0.2, 0.25) is 0 Å². The Morgan fingerprint density at radius 3 is 2.59 bits per heavy atom. The molecule has 0 radical (unpaired) electrons. The highest BCUT2D eigenvalue weighted by Gasteiger charge is 2.29. The van der Waals surface area contributed by atoms with E-state index < -0.39 is 0 Å². The van der Waals surface area contributed by atoms with Crippen LogP contribution in [0.1, 0.15) is 24.6 Å². The second kappa shape index (κ2) is 3.96. The first kappa shape index (κ1) is 10.5. The van der Waals surface area contributed by atoms with Crippen LogP contribution in [0, 0.1) is 5.82 Å². The van der Waals surface area contributed by atoms with Gasteiger partial charge in [0.15, 0.2) is 0 Å². The van der Waals surface area contributed by atoms with Crippen molar-refractivity contribution in [1.29, 1.82) is 0 Å². The predicted molar refractivity (Wildman–Crippen MR) is 63.9 cm³/mol. The highest BCUT2D eigenvalue weighted by atomic mass is 19.1. The molecule has 0 bridgehead atoms. The lowest BCUT2D eigenvalue weighted by atomic mass is 9.80. The van der Waals surface area contributed by atoms with Gasteiger partial charge in [0.25, 0.3) is 0 Å². The van der Waals surface area contributed by atoms with Gasteiger partial charge in [-0.05, 0) is 42.7 Å². The molecule has 0 saturated heterocycles. The molecule has 0 aliphatic heterocycles. The first-order valence-corrected chi connectivity index (χ1v) is 5.79. The molecule has 17 heavy (non-hydrogen) atoms. The van der Waals surface area contributed by atoms with Crippen LogP contribution in [0.4, 0.5) is 4.39 Å². The highest BCUT2D eigenvalue weighted by Crippen LogP contribution is 2.34. The van der Waals surface area contributed by atoms with Gasteiger partial charge in [-0.25, -0.2) is 9.37 Å². The summed E-state index contributed by atoms with van der Waals surface area (Å²) in [6.45, 7) is 0. The van der Waals surface area contributed by atoms with Crippen LogP contribution in [0.5, 0.6) is 0 Å². The number of imidazole rings is 1. The highest BCUT2D eigenvalue weighted by molar-refractivity contribution is 5.58. The van der Waals surface area contributed by atoms with E-state index in [2.05, 4.69) is 9.97 Å². The number of aromatic nitrogens is 2. The minimum Gasteiger partial charge on any atom is -0.342 e. The van der Waals surface area contributed by atoms with Crippen LogP contribution in [0.25, 0.3) is 11.3 Å². The summed E-state index contributed by atoms with van der Waals surface area (Å²) < 4.78 is 12.8. The van der Waals surface area contributed by atoms with Gasteiger partial charge in [-0.1, -0.05) is 0 Å². The molecule has 3 rings (SSSR count). The summed E-state index contributed by atoms with van der Waals surface area (Å²) >= 11 is 0. The van der Waals surface area contributed by atoms with Crippen molar-refractivity contribution in [2.75, 3.05) is 0 Å². The predicted octanol–water partition coefficient (Wildman–Crippen LogP) is 2.42. The number of halogens is 1. The molecular formula is C13H14FN3. The van der Waals surface area contributed by atoms with Crippen LogP contribution >= 0.6 is 0 Å². The van der Waals surface area contributed by atoms with Crippen molar-refractivity contribution in [3.8, 4) is 11.3 Å². The van der Waals surface area contributed by atoms with Crippen molar-refractivity contribution >= 4 is 0 Å². The number of nitrogens with one attached hydrogen (secondary N) is 1. The Bertz CT molecular complexity index is 512. The number of benzene rings is 1. The number of aromatic amines is 1. The van der Waals surface area contributed by atoms with Gasteiger partial charge in [0.05, 0.1) is 11.9 Å². The van der Waals surface area contributed by atoms with E-state index >= 15 is 0 Å². The molecule has 3 nitrogen and oxygen atoms in total. The average molecular weight is 231 g/mol. The molecule has 1 aliphatic carbocycles. The molecule has 88 valence electrons. The Morgan fingerprint density at radius 2 is 1.94 bits per heavy atom. The van der Waals surface area contributed by atoms with Gasteiger partial charge in [-0.15, -0.1) is 0 Å². The monoisotopic (exact) mass is 231 g/mol. The zero-order valence-corrected chi connectivity index (χ0v) is 9.36. The first-order valence-electron chi connectivity index (χ1n) is 5.79. The number of hydrogen-bond acceptors (Lipinski definition) is 2. The molecule has 1 aliphatic rings. The van der Waals surface area contributed by atoms with E-state index in [0.29, 0.717) is 12.0 Å². The molecule has 1 fully saturated rings. The number of H-pyrrole nitrogens is 1. The summed E-state index contributed by atoms with van der Waals surface area (Å²) in [6, 6.07) is 6.72. The fourth-order valence-corrected chi connectivity index (χ4v) is 2.21. The fourth-order valence-electron chi connectivity index (χ4n) is 2.21. The molecule has 1 aromatic heterocycles. The molecule has 1 saturated carbocycles. The fraction of sp³-hybridized carbons (Fsp3) is 0.308. The standard InChI is InChI=1S/C13H14FN3/c14-10-3-1-8(2-4-10)12-7-16-13(17-12)9-5-11(15)6-9/h1-4,7,9,11H,5-6,15H2,(H,16,17). The molecule has 2 aromatic rings. The third-order valence-electron chi connectivity index (χ3n) is 3.31. The van der Waals surface area contributed by atoms with Crippen LogP contribution in [0.3, 0.4) is 0 Å². The van der Waals surface area contributed by atoms with Crippen LogP contribution in [-0.4, -0.2) is 16.0 Å². The number of hydrogen-bond donors (Lipinski definition) is 2. The Morgan fingerprint density at radius 1 is 1.24 bits per heavy atom. The van der Waals surface area contributed by atoms with Crippen molar-refractivity contribution in [1.82, 2.24) is 9.97 Å². The number of rotatable bonds is 2. The summed E-state index contributed by atoms with van der Waals surface area (Å²) in [5.74, 6) is 1.23. The van der Waals surface area contributed by atoms with Crippen LogP contribution in [0.2, 0.25) is 0 Å². The van der Waals surface area contributed by atoms with Gasteiger partial charge in [0, 0.05) is 12.0 Å². The van der Waals surface area contributed by atoms with Crippen molar-refractivity contribution in [3.63, 3.8) is 0 Å². The summed E-state index contributed by atoms with van der Waals surface area (Å²) in [5, 5.41) is 0. The lowest BCUT2D eigenvalue weighted by Gasteiger charge is -2.30. The third-order valence-corrected chi connectivity index (χ3v) is 3.31. The van der Waals surface area contributed by atoms with E-state index in [1.807, 2.05) is 0 Å². The Kier molecular flexibility index (Phi) is 2.44. The van der Waals surface area contributed by atoms with E-state index in [4.69, 9.17) is 5.73 Å². The smallest absolute Gasteiger partial charge is 0.123 e. The summed E-state index contributed by atoms with van der Waals surface area (Å²) in [6.07, 6.45) is 3.79. The molecule has 3 N–H and O–H groups in total. The lowest BCUT2D eigenvalue weighted by Crippen LogP contribution is -2.35. The van der Waals surface area contributed by atoms with E-state index in [0.717, 1.165) is 29.9 Å². The van der Waals surface area contributed by atoms with Gasteiger partial charge in [0.1, 0.15) is 11.6 Å². The Hall–Kier alpha value is -1.68. The minimum atomic E-state index is -0.224. The van der Waals surface area contributed by atoms with Crippen molar-refractivity contribution < 1.29 is 4.39 Å². The van der Waals surface area contributed by atoms with E-state index in [-0.39, 0.29) is 5.82 Å². The molecule has 0 unspecified atom stereocenters. The molecule has 0 spiro atoms. The number of nitrogens with zero attached hydrogens (tertiary/aromatic N) is 1. The maximum absolute atomic E-state index is 12.8. The van der Waals surface area contributed by atoms with Gasteiger partial charge >= 0.3 is 0 Å². The van der Waals surface area contributed by atoms with E-state index in [9.17, 15) is 4.39 Å². The second-order valence-electron chi connectivity index (χ2n) is 4.62. The molecular weight excluding hydrogens is 217 g/mol. The number of nitrogens with two attached hydrogens (primary N) is 1. The third kappa shape index (κ3) is 1.96. The van der Waals surface area contributed by atoms with Crippen molar-refractivity contribution in [2.24, 2.45) is 5.73 Å². The molecule has 1 heterocycles. The van der Waals surface area contributed by atoms with Crippen molar-refractivity contribution in [2.45, 2.75) is 24.8 Å². The van der Waals surface area contributed by atoms with Gasteiger partial charge < -0.3 is 10.7 Å². The van der Waals surface area contributed by atoms with Gasteiger partial charge in [-0.3, -0.25) is 0 Å². The van der Waals surface area contributed by atoms with E-state index in [1.54, 1.807) is 18.3 Å². The Balaban J connectivity index is 1.82. The SMILES string of the molecule is NC1CC(c2ncc(-c3ccc(F)cc3)[nH]2)C1. The summed E-state index contributed by atoms with van der Waals surface area (Å²) in [4.78, 5) is 7.65. The maximum Gasteiger partial charge on any atom is 0.123 e. The maximum atomic E-state index is 12.8. The summed E-state index contributed by atoms with van der Waals surface area (Å²) in [7, 11) is 0. The quantitative estimate of drug-likeness (QED) is 0.834. The van der Waals surface area contributed by atoms with Gasteiger partial charge in [-0.2, -0.15) is 0 Å². The average Bonchev–Trinajstić information content (AvgIpc) is 2.75. The van der Waals surface area contributed by atoms with Crippen LogP contribution in [0.15, 0.2) is 30.5 Å². The van der Waals surface area contributed by atoms with E-state index in [1.165, 1.54) is 12.1 Å². The largest absolute Gasteiger partial charge is 0.342 e. The van der Waals surface area contributed by atoms with Crippen molar-refractivity contribution in [3.05, 3.63) is 42.1 Å². The second-order valence-corrected chi connectivity index (χ2v) is 4.62. The lowest BCUT2D eigenvalue weighted by molar-refractivity contribution is 0.340. The minimum absolute atomic E-state index is 0.224. The first-order chi connectivity index (χ1) is 8.22. The van der Waals surface area contributed by atoms with Crippen LogP contribution in [-0.2, 0) is 0 Å². The molecule has 4 heteroatoms. The Labute approximate surface area is 98.9 Å². The summed E-state index contributed by atoms with van der Waals surface area (Å²) in [5.41, 5.74) is 7.64.